The van der Waals surface area contributed by atoms with Gasteiger partial charge in [-0.3, -0.25) is 0 Å². The molecule has 1 aliphatic carbocycles. The molecule has 15 heavy (non-hydrogen) atoms. The number of nitrogens with two attached hydrogens (primary N) is 1. The third-order valence-corrected chi connectivity index (χ3v) is 3.96. The molecule has 0 radical (unpaired) electrons. The molecule has 0 bridgehead atoms. The van der Waals surface area contributed by atoms with Gasteiger partial charge in [-0.2, -0.15) is 0 Å². The summed E-state index contributed by atoms with van der Waals surface area (Å²) in [4.78, 5) is 0. The molecule has 0 aliphatic heterocycles. The average Bonchev–Trinajstić information content (AvgIpc) is 2.79. The van der Waals surface area contributed by atoms with Gasteiger partial charge in [0.2, 0.25) is 0 Å². The van der Waals surface area contributed by atoms with Crippen LogP contribution < -0.4 is 5.73 Å². The number of halogens is 2. The third-order valence-electron chi connectivity index (χ3n) is 3.35. The molecule has 0 spiro atoms. The SMILES string of the molecule is CC1(C)CC1C(N)c1ccc(F)c(Br)c1. The van der Waals surface area contributed by atoms with E-state index in [2.05, 4.69) is 29.8 Å². The lowest BCUT2D eigenvalue weighted by atomic mass is 9.98. The standard InChI is InChI=1S/C12H15BrFN/c1-12(2)6-8(12)11(15)7-3-4-10(14)9(13)5-7/h3-5,8,11H,6,15H2,1-2H3. The molecule has 2 unspecified atom stereocenters. The van der Waals surface area contributed by atoms with Gasteiger partial charge in [0.05, 0.1) is 4.47 Å². The maximum Gasteiger partial charge on any atom is 0.137 e. The molecular weight excluding hydrogens is 257 g/mol. The van der Waals surface area contributed by atoms with Crippen molar-refractivity contribution in [2.75, 3.05) is 0 Å². The Morgan fingerprint density at radius 3 is 2.60 bits per heavy atom. The Kier molecular flexibility index (Phi) is 2.63. The van der Waals surface area contributed by atoms with E-state index in [0.717, 1.165) is 12.0 Å². The van der Waals surface area contributed by atoms with Gasteiger partial charge < -0.3 is 5.73 Å². The van der Waals surface area contributed by atoms with Gasteiger partial charge in [-0.1, -0.05) is 19.9 Å². The van der Waals surface area contributed by atoms with Crippen molar-refractivity contribution in [2.45, 2.75) is 26.3 Å². The van der Waals surface area contributed by atoms with E-state index < -0.39 is 0 Å². The van der Waals surface area contributed by atoms with Crippen LogP contribution in [0.3, 0.4) is 0 Å². The van der Waals surface area contributed by atoms with Crippen LogP contribution in [0.2, 0.25) is 0 Å². The number of benzene rings is 1. The van der Waals surface area contributed by atoms with Gasteiger partial charge >= 0.3 is 0 Å². The molecule has 1 aromatic rings. The number of hydrogen-bond acceptors (Lipinski definition) is 1. The molecule has 0 heterocycles. The Morgan fingerprint density at radius 1 is 1.53 bits per heavy atom. The van der Waals surface area contributed by atoms with Gasteiger partial charge in [0.15, 0.2) is 0 Å². The van der Waals surface area contributed by atoms with Crippen LogP contribution in [0, 0.1) is 17.2 Å². The molecule has 2 atom stereocenters. The third kappa shape index (κ3) is 2.08. The van der Waals surface area contributed by atoms with Crippen molar-refractivity contribution in [1.82, 2.24) is 0 Å². The van der Waals surface area contributed by atoms with Crippen molar-refractivity contribution in [3.05, 3.63) is 34.1 Å². The topological polar surface area (TPSA) is 26.0 Å². The van der Waals surface area contributed by atoms with Crippen LogP contribution in [-0.2, 0) is 0 Å². The Hall–Kier alpha value is -0.410. The van der Waals surface area contributed by atoms with E-state index in [1.807, 2.05) is 0 Å². The first kappa shape index (κ1) is 11.1. The summed E-state index contributed by atoms with van der Waals surface area (Å²) in [6.45, 7) is 4.44. The summed E-state index contributed by atoms with van der Waals surface area (Å²) in [5, 5.41) is 0. The maximum atomic E-state index is 13.0. The zero-order chi connectivity index (χ0) is 11.2. The number of rotatable bonds is 2. The lowest BCUT2D eigenvalue weighted by Crippen LogP contribution is -2.15. The predicted molar refractivity (Wildman–Crippen MR) is 62.9 cm³/mol. The summed E-state index contributed by atoms with van der Waals surface area (Å²) in [6.07, 6.45) is 1.16. The zero-order valence-electron chi connectivity index (χ0n) is 8.93. The van der Waals surface area contributed by atoms with Gasteiger partial charge in [0.25, 0.3) is 0 Å². The highest BCUT2D eigenvalue weighted by atomic mass is 79.9. The summed E-state index contributed by atoms with van der Waals surface area (Å²) < 4.78 is 13.5. The fourth-order valence-electron chi connectivity index (χ4n) is 2.07. The van der Waals surface area contributed by atoms with Gasteiger partial charge in [0.1, 0.15) is 5.82 Å². The molecule has 3 heteroatoms. The summed E-state index contributed by atoms with van der Waals surface area (Å²) in [5.74, 6) is 0.288. The highest BCUT2D eigenvalue weighted by Gasteiger charge is 2.49. The molecule has 2 rings (SSSR count). The van der Waals surface area contributed by atoms with Crippen molar-refractivity contribution < 1.29 is 4.39 Å². The molecule has 2 N–H and O–H groups in total. The monoisotopic (exact) mass is 271 g/mol. The summed E-state index contributed by atoms with van der Waals surface area (Å²) >= 11 is 3.18. The molecule has 1 aliphatic rings. The highest BCUT2D eigenvalue weighted by molar-refractivity contribution is 9.10. The molecule has 82 valence electrons. The van der Waals surface area contributed by atoms with E-state index >= 15 is 0 Å². The first-order valence-corrected chi connectivity index (χ1v) is 5.91. The van der Waals surface area contributed by atoms with E-state index in [1.54, 1.807) is 12.1 Å². The van der Waals surface area contributed by atoms with Crippen LogP contribution in [0.15, 0.2) is 22.7 Å². The van der Waals surface area contributed by atoms with Crippen molar-refractivity contribution in [1.29, 1.82) is 0 Å². The lowest BCUT2D eigenvalue weighted by Gasteiger charge is -2.14. The molecule has 1 fully saturated rings. The zero-order valence-corrected chi connectivity index (χ0v) is 10.5. The van der Waals surface area contributed by atoms with Gasteiger partial charge in [-0.25, -0.2) is 4.39 Å². The minimum absolute atomic E-state index is 0.0249. The van der Waals surface area contributed by atoms with E-state index in [1.165, 1.54) is 6.07 Å². The maximum absolute atomic E-state index is 13.0. The first-order chi connectivity index (χ1) is 6.92. The van der Waals surface area contributed by atoms with E-state index in [4.69, 9.17) is 5.73 Å². The Labute approximate surface area is 98.0 Å². The molecule has 0 aromatic heterocycles. The Morgan fingerprint density at radius 2 is 2.13 bits per heavy atom. The Bertz CT molecular complexity index is 389. The Balaban J connectivity index is 2.20. The van der Waals surface area contributed by atoms with Crippen molar-refractivity contribution in [3.63, 3.8) is 0 Å². The minimum Gasteiger partial charge on any atom is -0.324 e. The quantitative estimate of drug-likeness (QED) is 0.874. The van der Waals surface area contributed by atoms with Crippen molar-refractivity contribution in [3.8, 4) is 0 Å². The van der Waals surface area contributed by atoms with Crippen LogP contribution >= 0.6 is 15.9 Å². The lowest BCUT2D eigenvalue weighted by molar-refractivity contribution is 0.490. The van der Waals surface area contributed by atoms with Gasteiger partial charge in [0, 0.05) is 6.04 Å². The van der Waals surface area contributed by atoms with Crippen LogP contribution in [0.4, 0.5) is 4.39 Å². The second-order valence-corrected chi connectivity index (χ2v) is 5.85. The summed E-state index contributed by atoms with van der Waals surface area (Å²) in [5.41, 5.74) is 7.51. The second-order valence-electron chi connectivity index (χ2n) is 5.00. The smallest absolute Gasteiger partial charge is 0.137 e. The van der Waals surface area contributed by atoms with Crippen molar-refractivity contribution in [2.24, 2.45) is 17.1 Å². The summed E-state index contributed by atoms with van der Waals surface area (Å²) in [6, 6.07) is 5.05. The van der Waals surface area contributed by atoms with E-state index in [0.29, 0.717) is 15.8 Å². The van der Waals surface area contributed by atoms with Crippen LogP contribution in [-0.4, -0.2) is 0 Å². The number of hydrogen-bond donors (Lipinski definition) is 1. The van der Waals surface area contributed by atoms with Crippen LogP contribution in [0.5, 0.6) is 0 Å². The van der Waals surface area contributed by atoms with Gasteiger partial charge in [-0.05, 0) is 51.4 Å². The molecule has 1 aromatic carbocycles. The fraction of sp³-hybridized carbons (Fsp3) is 0.500. The molecule has 1 saturated carbocycles. The fourth-order valence-corrected chi connectivity index (χ4v) is 2.47. The minimum atomic E-state index is -0.235. The normalized spacial score (nSPS) is 25.0. The van der Waals surface area contributed by atoms with Crippen LogP contribution in [0.25, 0.3) is 0 Å². The average molecular weight is 272 g/mol. The van der Waals surface area contributed by atoms with E-state index in [9.17, 15) is 4.39 Å². The first-order valence-electron chi connectivity index (χ1n) is 5.12. The largest absolute Gasteiger partial charge is 0.324 e. The molecule has 0 amide bonds. The van der Waals surface area contributed by atoms with Crippen LogP contribution in [0.1, 0.15) is 31.9 Å². The van der Waals surface area contributed by atoms with Gasteiger partial charge in [-0.15, -0.1) is 0 Å². The highest BCUT2D eigenvalue weighted by Crippen LogP contribution is 2.57. The van der Waals surface area contributed by atoms with E-state index in [-0.39, 0.29) is 11.9 Å². The molecule has 0 saturated heterocycles. The summed E-state index contributed by atoms with van der Waals surface area (Å²) in [7, 11) is 0. The molecular formula is C12H15BrFN. The second kappa shape index (κ2) is 3.56. The molecule has 1 nitrogen and oxygen atoms in total. The van der Waals surface area contributed by atoms with Crippen molar-refractivity contribution >= 4 is 15.9 Å². The predicted octanol–water partition coefficient (Wildman–Crippen LogP) is 3.63.